The first-order valence-corrected chi connectivity index (χ1v) is 14.1. The molecule has 11 nitrogen and oxygen atoms in total. The van der Waals surface area contributed by atoms with Crippen molar-refractivity contribution in [2.75, 3.05) is 5.32 Å². The molecule has 11 heteroatoms. The zero-order valence-corrected chi connectivity index (χ0v) is 23.3. The number of carbonyl (C=O) groups excluding carboxylic acids is 3. The molecule has 0 radical (unpaired) electrons. The van der Waals surface area contributed by atoms with Gasteiger partial charge in [-0.2, -0.15) is 5.10 Å². The van der Waals surface area contributed by atoms with Crippen LogP contribution in [0.15, 0.2) is 61.1 Å². The fourth-order valence-corrected chi connectivity index (χ4v) is 6.67. The van der Waals surface area contributed by atoms with Crippen LogP contribution in [-0.4, -0.2) is 58.9 Å². The average molecular weight is 563 g/mol. The van der Waals surface area contributed by atoms with Crippen molar-refractivity contribution >= 4 is 40.1 Å². The van der Waals surface area contributed by atoms with Crippen LogP contribution in [0.4, 0.5) is 5.82 Å². The second-order valence-electron chi connectivity index (χ2n) is 11.3. The van der Waals surface area contributed by atoms with Crippen LogP contribution in [0.2, 0.25) is 0 Å². The number of nitrogens with zero attached hydrogens (tertiary/aromatic N) is 6. The van der Waals surface area contributed by atoms with E-state index in [2.05, 4.69) is 20.4 Å². The zero-order chi connectivity index (χ0) is 29.1. The molecule has 42 heavy (non-hydrogen) atoms. The Morgan fingerprint density at radius 3 is 2.69 bits per heavy atom. The van der Waals surface area contributed by atoms with Gasteiger partial charge < -0.3 is 20.5 Å². The zero-order valence-electron chi connectivity index (χ0n) is 23.3. The van der Waals surface area contributed by atoms with E-state index in [1.807, 2.05) is 56.4 Å². The molecule has 3 atom stereocenters. The third-order valence-electron chi connectivity index (χ3n) is 8.50. The molecule has 4 aromatic heterocycles. The number of benzene rings is 1. The van der Waals surface area contributed by atoms with Gasteiger partial charge in [-0.25, -0.2) is 14.5 Å². The lowest BCUT2D eigenvalue weighted by molar-refractivity contribution is -0.141. The first-order chi connectivity index (χ1) is 20.2. The van der Waals surface area contributed by atoms with Crippen molar-refractivity contribution in [3.63, 3.8) is 0 Å². The Morgan fingerprint density at radius 1 is 1.02 bits per heavy atom. The number of nitrogens with two attached hydrogens (primary N) is 1. The molecular weight excluding hydrogens is 532 g/mol. The molecule has 5 heterocycles. The number of nitrogens with one attached hydrogen (secondary N) is 1. The number of aryl methyl sites for hydroxylation is 2. The maximum atomic E-state index is 13.8. The van der Waals surface area contributed by atoms with Crippen LogP contribution in [0, 0.1) is 19.8 Å². The van der Waals surface area contributed by atoms with Crippen LogP contribution in [-0.2, 0) is 16.1 Å². The number of hydrogen-bond donors (Lipinski definition) is 2. The molecular formula is C31H30N8O3. The summed E-state index contributed by atoms with van der Waals surface area (Å²) in [5, 5.41) is 8.01. The summed E-state index contributed by atoms with van der Waals surface area (Å²) >= 11 is 0. The summed E-state index contributed by atoms with van der Waals surface area (Å²) in [4.78, 5) is 50.4. The van der Waals surface area contributed by atoms with Crippen LogP contribution in [0.1, 0.15) is 41.0 Å². The summed E-state index contributed by atoms with van der Waals surface area (Å²) in [6.45, 7) is 3.76. The molecule has 2 fully saturated rings. The van der Waals surface area contributed by atoms with E-state index in [0.717, 1.165) is 47.4 Å². The smallest absolute Gasteiger partial charge is 0.250 e. The van der Waals surface area contributed by atoms with Crippen molar-refractivity contribution in [1.82, 2.24) is 29.0 Å². The molecule has 7 rings (SSSR count). The van der Waals surface area contributed by atoms with Crippen LogP contribution >= 0.6 is 0 Å². The van der Waals surface area contributed by atoms with Gasteiger partial charge in [-0.05, 0) is 68.9 Å². The summed E-state index contributed by atoms with van der Waals surface area (Å²) in [6.07, 6.45) is 7.88. The van der Waals surface area contributed by atoms with Crippen molar-refractivity contribution in [3.05, 3.63) is 78.0 Å². The van der Waals surface area contributed by atoms with Gasteiger partial charge in [-0.15, -0.1) is 0 Å². The molecule has 5 aromatic rings. The van der Waals surface area contributed by atoms with Gasteiger partial charge in [0.05, 0.1) is 11.3 Å². The fourth-order valence-electron chi connectivity index (χ4n) is 6.67. The third-order valence-corrected chi connectivity index (χ3v) is 8.50. The van der Waals surface area contributed by atoms with Crippen LogP contribution in [0.5, 0.6) is 0 Å². The van der Waals surface area contributed by atoms with E-state index in [0.29, 0.717) is 22.3 Å². The van der Waals surface area contributed by atoms with Gasteiger partial charge in [0.15, 0.2) is 5.65 Å². The van der Waals surface area contributed by atoms with E-state index in [1.165, 1.54) is 0 Å². The van der Waals surface area contributed by atoms with Crippen LogP contribution < -0.4 is 11.1 Å². The molecule has 2 bridgehead atoms. The van der Waals surface area contributed by atoms with E-state index in [-0.39, 0.29) is 30.3 Å². The maximum absolute atomic E-state index is 13.8. The number of fused-ring (bicyclic) bond motifs is 4. The van der Waals surface area contributed by atoms with Gasteiger partial charge in [0.2, 0.25) is 11.8 Å². The number of pyridine rings is 1. The highest BCUT2D eigenvalue weighted by Gasteiger charge is 2.51. The van der Waals surface area contributed by atoms with Crippen molar-refractivity contribution < 1.29 is 14.4 Å². The number of amides is 3. The summed E-state index contributed by atoms with van der Waals surface area (Å²) in [5.41, 5.74) is 10.9. The molecule has 1 aliphatic heterocycles. The normalized spacial score (nSPS) is 19.6. The van der Waals surface area contributed by atoms with Gasteiger partial charge in [0.25, 0.3) is 5.91 Å². The lowest BCUT2D eigenvalue weighted by atomic mass is 9.97. The lowest BCUT2D eigenvalue weighted by Gasteiger charge is -2.34. The second kappa shape index (κ2) is 9.79. The monoisotopic (exact) mass is 562 g/mol. The van der Waals surface area contributed by atoms with Gasteiger partial charge in [0.1, 0.15) is 18.4 Å². The van der Waals surface area contributed by atoms with Gasteiger partial charge in [-0.3, -0.25) is 14.4 Å². The van der Waals surface area contributed by atoms with Gasteiger partial charge >= 0.3 is 0 Å². The number of aromatic nitrogens is 5. The summed E-state index contributed by atoms with van der Waals surface area (Å²) in [7, 11) is 0. The Labute approximate surface area is 241 Å². The molecule has 1 saturated carbocycles. The molecule has 0 spiro atoms. The SMILES string of the molecule is Cc1cccc(NC(=O)[C@@H]2[C@H]3CC[C@H](C3)N2C(=O)Cn2cc(C(N)=O)c3cc(-c4cnc5cc(C)nn5c4)ccc32)n1. The number of carbonyl (C=O) groups is 3. The molecule has 1 aliphatic carbocycles. The Kier molecular flexibility index (Phi) is 6.03. The minimum Gasteiger partial charge on any atom is -0.366 e. The van der Waals surface area contributed by atoms with Crippen LogP contribution in [0.25, 0.3) is 27.7 Å². The van der Waals surface area contributed by atoms with Crippen molar-refractivity contribution in [3.8, 4) is 11.1 Å². The highest BCUT2D eigenvalue weighted by atomic mass is 16.2. The Hall–Kier alpha value is -5.06. The second-order valence-corrected chi connectivity index (χ2v) is 11.3. The molecule has 212 valence electrons. The minimum absolute atomic E-state index is 0.0149. The van der Waals surface area contributed by atoms with Crippen LogP contribution in [0.3, 0.4) is 0 Å². The predicted molar refractivity (Wildman–Crippen MR) is 157 cm³/mol. The molecule has 3 N–H and O–H groups in total. The molecule has 3 amide bonds. The summed E-state index contributed by atoms with van der Waals surface area (Å²) in [6, 6.07) is 12.5. The quantitative estimate of drug-likeness (QED) is 0.325. The standard InChI is InChI=1S/C31H30N8O3/c1-17-4-3-5-26(34-17)35-31(42)29-20-6-8-22(11-20)39(29)28(40)16-37-15-24(30(32)41)23-12-19(7-9-25(23)37)21-13-33-27-10-18(2)36-38(27)14-21/h3-5,7,9-10,12-15,20,22,29H,6,8,11,16H2,1-2H3,(H2,32,41)(H,34,35,42)/t20-,22+,29-/m0/s1. The van der Waals surface area contributed by atoms with E-state index in [4.69, 9.17) is 5.73 Å². The topological polar surface area (TPSA) is 141 Å². The largest absolute Gasteiger partial charge is 0.366 e. The predicted octanol–water partition coefficient (Wildman–Crippen LogP) is 3.48. The minimum atomic E-state index is -0.581. The number of piperidine rings is 1. The number of anilines is 1. The van der Waals surface area contributed by atoms with Crippen molar-refractivity contribution in [2.24, 2.45) is 11.7 Å². The molecule has 1 saturated heterocycles. The van der Waals surface area contributed by atoms with Crippen molar-refractivity contribution in [1.29, 1.82) is 0 Å². The van der Waals surface area contributed by atoms with E-state index in [1.54, 1.807) is 32.4 Å². The highest BCUT2D eigenvalue weighted by molar-refractivity contribution is 6.07. The summed E-state index contributed by atoms with van der Waals surface area (Å²) in [5.74, 6) is -0.376. The lowest BCUT2D eigenvalue weighted by Crippen LogP contribution is -2.51. The molecule has 2 aliphatic rings. The Balaban J connectivity index is 1.18. The van der Waals surface area contributed by atoms with Gasteiger partial charge in [-0.1, -0.05) is 12.1 Å². The van der Waals surface area contributed by atoms with Crippen molar-refractivity contribution in [2.45, 2.75) is 51.7 Å². The average Bonchev–Trinajstić information content (AvgIpc) is 3.74. The molecule has 0 unspecified atom stereocenters. The summed E-state index contributed by atoms with van der Waals surface area (Å²) < 4.78 is 3.47. The fraction of sp³-hybridized carbons (Fsp3) is 0.290. The first kappa shape index (κ1) is 25.9. The highest BCUT2D eigenvalue weighted by Crippen LogP contribution is 2.43. The number of hydrogen-bond acceptors (Lipinski definition) is 6. The number of rotatable bonds is 6. The van der Waals surface area contributed by atoms with E-state index in [9.17, 15) is 14.4 Å². The maximum Gasteiger partial charge on any atom is 0.250 e. The Morgan fingerprint density at radius 2 is 1.88 bits per heavy atom. The molecule has 1 aromatic carbocycles. The number of likely N-dealkylation sites (tertiary alicyclic amines) is 1. The van der Waals surface area contributed by atoms with E-state index < -0.39 is 11.9 Å². The Bertz CT molecular complexity index is 1910. The van der Waals surface area contributed by atoms with E-state index >= 15 is 0 Å². The number of primary amides is 1. The first-order valence-electron chi connectivity index (χ1n) is 14.1. The van der Waals surface area contributed by atoms with Gasteiger partial charge in [0, 0.05) is 52.9 Å². The third kappa shape index (κ3) is 4.37.